The molecule has 0 atom stereocenters. The van der Waals surface area contributed by atoms with E-state index in [4.69, 9.17) is 9.76 Å². The fraction of sp³-hybridized carbons (Fsp3) is 0.0833. The van der Waals surface area contributed by atoms with Crippen LogP contribution in [0.1, 0.15) is 16.1 Å². The number of hydrogen-bond donors (Lipinski definition) is 2. The molecule has 90 valence electrons. The third-order valence-corrected chi connectivity index (χ3v) is 3.04. The van der Waals surface area contributed by atoms with Gasteiger partial charge in [-0.1, -0.05) is 6.07 Å². The zero-order chi connectivity index (χ0) is 12.7. The van der Waals surface area contributed by atoms with Crippen molar-refractivity contribution >= 4 is 18.6 Å². The molecule has 1 aliphatic rings. The highest BCUT2D eigenvalue weighted by atomic mass is 16.5. The van der Waals surface area contributed by atoms with E-state index in [9.17, 15) is 9.82 Å². The molecular formula is C12H10BNO4. The maximum atomic E-state index is 11.1. The van der Waals surface area contributed by atoms with Gasteiger partial charge in [-0.05, 0) is 35.3 Å². The van der Waals surface area contributed by atoms with Crippen molar-refractivity contribution in [2.75, 3.05) is 0 Å². The molecule has 18 heavy (non-hydrogen) atoms. The van der Waals surface area contributed by atoms with E-state index in [1.807, 2.05) is 12.1 Å². The molecule has 0 saturated heterocycles. The molecule has 0 bridgehead atoms. The number of carboxylic acids is 1. The van der Waals surface area contributed by atoms with Crippen molar-refractivity contribution in [3.05, 3.63) is 47.8 Å². The first kappa shape index (κ1) is 11.1. The highest BCUT2D eigenvalue weighted by Crippen LogP contribution is 2.16. The van der Waals surface area contributed by atoms with Gasteiger partial charge in [0, 0.05) is 11.9 Å². The summed E-state index contributed by atoms with van der Waals surface area (Å²) in [5, 5.41) is 18.7. The van der Waals surface area contributed by atoms with Gasteiger partial charge in [0.2, 0.25) is 0 Å². The average molecular weight is 243 g/mol. The van der Waals surface area contributed by atoms with E-state index in [2.05, 4.69) is 0 Å². The lowest BCUT2D eigenvalue weighted by atomic mass is 9.79. The summed E-state index contributed by atoms with van der Waals surface area (Å²) in [6.45, 7) is 0.383. The van der Waals surface area contributed by atoms with Gasteiger partial charge < -0.3 is 19.4 Å². The molecule has 5 nitrogen and oxygen atoms in total. The van der Waals surface area contributed by atoms with Crippen molar-refractivity contribution in [3.8, 4) is 5.69 Å². The van der Waals surface area contributed by atoms with Crippen LogP contribution in [0.4, 0.5) is 0 Å². The lowest BCUT2D eigenvalue weighted by Crippen LogP contribution is -2.28. The number of aromatic nitrogens is 1. The van der Waals surface area contributed by atoms with E-state index in [-0.39, 0.29) is 5.69 Å². The summed E-state index contributed by atoms with van der Waals surface area (Å²) in [4.78, 5) is 11.1. The van der Waals surface area contributed by atoms with Crippen LogP contribution in [0.5, 0.6) is 0 Å². The maximum absolute atomic E-state index is 11.1. The number of rotatable bonds is 2. The van der Waals surface area contributed by atoms with E-state index < -0.39 is 13.1 Å². The molecule has 1 aromatic carbocycles. The van der Waals surface area contributed by atoms with Crippen LogP contribution in [-0.4, -0.2) is 27.8 Å². The monoisotopic (exact) mass is 243 g/mol. The van der Waals surface area contributed by atoms with Gasteiger partial charge in [-0.15, -0.1) is 0 Å². The number of fused-ring (bicyclic) bond motifs is 1. The standard InChI is InChI=1S/C12H10BNO4/c15-12(16)11-2-1-5-14(11)9-4-3-8-7-18-13(17)10(8)6-9/h1-6,17H,7H2,(H,15,16). The summed E-state index contributed by atoms with van der Waals surface area (Å²) in [6, 6.07) is 8.60. The van der Waals surface area contributed by atoms with Crippen LogP contribution >= 0.6 is 0 Å². The van der Waals surface area contributed by atoms with E-state index in [0.29, 0.717) is 17.8 Å². The smallest absolute Gasteiger partial charge is 0.477 e. The van der Waals surface area contributed by atoms with Gasteiger partial charge in [0.15, 0.2) is 0 Å². The second kappa shape index (κ2) is 4.01. The molecular weight excluding hydrogens is 233 g/mol. The number of hydrogen-bond acceptors (Lipinski definition) is 3. The van der Waals surface area contributed by atoms with Gasteiger partial charge in [-0.25, -0.2) is 4.79 Å². The second-order valence-electron chi connectivity index (χ2n) is 4.12. The Morgan fingerprint density at radius 1 is 1.39 bits per heavy atom. The Labute approximate surface area is 103 Å². The summed E-state index contributed by atoms with van der Waals surface area (Å²) < 4.78 is 6.67. The molecule has 2 aromatic rings. The highest BCUT2D eigenvalue weighted by molar-refractivity contribution is 6.61. The predicted octanol–water partition coefficient (Wildman–Crippen LogP) is 0.393. The number of carbonyl (C=O) groups is 1. The van der Waals surface area contributed by atoms with Crippen LogP contribution in [0, 0.1) is 0 Å². The normalized spacial score (nSPS) is 13.7. The van der Waals surface area contributed by atoms with E-state index in [0.717, 1.165) is 5.56 Å². The minimum absolute atomic E-state index is 0.184. The molecule has 0 unspecified atom stereocenters. The van der Waals surface area contributed by atoms with Crippen molar-refractivity contribution in [1.82, 2.24) is 4.57 Å². The molecule has 0 aliphatic carbocycles. The molecule has 3 rings (SSSR count). The summed E-state index contributed by atoms with van der Waals surface area (Å²) in [5.41, 5.74) is 2.50. The Morgan fingerprint density at radius 3 is 3.00 bits per heavy atom. The topological polar surface area (TPSA) is 71.7 Å². The van der Waals surface area contributed by atoms with Crippen molar-refractivity contribution < 1.29 is 19.6 Å². The van der Waals surface area contributed by atoms with Crippen LogP contribution in [0.3, 0.4) is 0 Å². The first-order chi connectivity index (χ1) is 8.66. The largest absolute Gasteiger partial charge is 0.491 e. The Kier molecular flexibility index (Phi) is 2.46. The summed E-state index contributed by atoms with van der Waals surface area (Å²) >= 11 is 0. The third-order valence-electron chi connectivity index (χ3n) is 3.04. The molecule has 0 fully saturated rings. The molecule has 0 radical (unpaired) electrons. The fourth-order valence-corrected chi connectivity index (χ4v) is 2.13. The lowest BCUT2D eigenvalue weighted by molar-refractivity contribution is 0.0688. The quantitative estimate of drug-likeness (QED) is 0.748. The first-order valence-corrected chi connectivity index (χ1v) is 5.50. The third kappa shape index (κ3) is 1.63. The highest BCUT2D eigenvalue weighted by Gasteiger charge is 2.27. The van der Waals surface area contributed by atoms with E-state index in [1.54, 1.807) is 22.9 Å². The average Bonchev–Trinajstić information content (AvgIpc) is 2.96. The van der Waals surface area contributed by atoms with Gasteiger partial charge in [0.25, 0.3) is 0 Å². The van der Waals surface area contributed by atoms with Crippen LogP contribution in [0.2, 0.25) is 0 Å². The Balaban J connectivity index is 2.10. The van der Waals surface area contributed by atoms with Gasteiger partial charge >= 0.3 is 13.1 Å². The molecule has 1 aliphatic heterocycles. The van der Waals surface area contributed by atoms with Gasteiger partial charge in [0.1, 0.15) is 5.69 Å². The summed E-state index contributed by atoms with van der Waals surface area (Å²) in [5.74, 6) is -0.989. The molecule has 1 aromatic heterocycles. The van der Waals surface area contributed by atoms with Crippen LogP contribution in [-0.2, 0) is 11.3 Å². The second-order valence-corrected chi connectivity index (χ2v) is 4.12. The van der Waals surface area contributed by atoms with Gasteiger partial charge in [0.05, 0.1) is 6.61 Å². The van der Waals surface area contributed by atoms with E-state index in [1.165, 1.54) is 6.07 Å². The molecule has 2 heterocycles. The molecule has 2 N–H and O–H groups in total. The SMILES string of the molecule is O=C(O)c1cccn1-c1ccc2c(c1)B(O)OC2. The number of nitrogens with zero attached hydrogens (tertiary/aromatic N) is 1. The Hall–Kier alpha value is -2.05. The van der Waals surface area contributed by atoms with E-state index >= 15 is 0 Å². The zero-order valence-electron chi connectivity index (χ0n) is 9.41. The van der Waals surface area contributed by atoms with Crippen LogP contribution < -0.4 is 5.46 Å². The minimum Gasteiger partial charge on any atom is -0.477 e. The zero-order valence-corrected chi connectivity index (χ0v) is 9.41. The lowest BCUT2D eigenvalue weighted by Gasteiger charge is -2.08. The Bertz CT molecular complexity index is 622. The van der Waals surface area contributed by atoms with Crippen molar-refractivity contribution in [3.63, 3.8) is 0 Å². The van der Waals surface area contributed by atoms with Crippen LogP contribution in [0.15, 0.2) is 36.5 Å². The number of carboxylic acid groups (broad SMARTS) is 1. The summed E-state index contributed by atoms with van der Waals surface area (Å²) in [6.07, 6.45) is 1.67. The van der Waals surface area contributed by atoms with Gasteiger partial charge in [-0.3, -0.25) is 0 Å². The van der Waals surface area contributed by atoms with Crippen LogP contribution in [0.25, 0.3) is 5.69 Å². The Morgan fingerprint density at radius 2 is 2.22 bits per heavy atom. The fourth-order valence-electron chi connectivity index (χ4n) is 2.13. The maximum Gasteiger partial charge on any atom is 0.491 e. The van der Waals surface area contributed by atoms with Crippen molar-refractivity contribution in [1.29, 1.82) is 0 Å². The molecule has 6 heteroatoms. The number of benzene rings is 1. The number of aromatic carboxylic acids is 1. The first-order valence-electron chi connectivity index (χ1n) is 5.50. The summed E-state index contributed by atoms with van der Waals surface area (Å²) in [7, 11) is -0.927. The van der Waals surface area contributed by atoms with Crippen molar-refractivity contribution in [2.45, 2.75) is 6.61 Å². The van der Waals surface area contributed by atoms with Crippen molar-refractivity contribution in [2.24, 2.45) is 0 Å². The predicted molar refractivity (Wildman–Crippen MR) is 65.1 cm³/mol. The molecule has 0 amide bonds. The molecule has 0 spiro atoms. The van der Waals surface area contributed by atoms with Gasteiger partial charge in [-0.2, -0.15) is 0 Å². The minimum atomic E-state index is -0.989. The molecule has 0 saturated carbocycles.